The highest BCUT2D eigenvalue weighted by atomic mass is 16.5. The maximum atomic E-state index is 11.7. The number of nitrogens with zero attached hydrogens (tertiary/aromatic N) is 1. The van der Waals surface area contributed by atoms with Gasteiger partial charge in [-0.05, 0) is 5.56 Å². The maximum absolute atomic E-state index is 11.7. The Balaban J connectivity index is 3.06. The Hall–Kier alpha value is -2.54. The second-order valence-corrected chi connectivity index (χ2v) is 3.86. The number of esters is 2. The second-order valence-electron chi connectivity index (χ2n) is 3.86. The molecule has 1 rings (SSSR count). The molecule has 0 saturated carbocycles. The second kappa shape index (κ2) is 7.15. The minimum Gasteiger partial charge on any atom is -0.464 e. The molecule has 4 N–H and O–H groups in total. The van der Waals surface area contributed by atoms with Crippen molar-refractivity contribution >= 4 is 11.9 Å². The summed E-state index contributed by atoms with van der Waals surface area (Å²) in [6, 6.07) is 9.15. The zero-order chi connectivity index (χ0) is 15.1. The third-order valence-electron chi connectivity index (χ3n) is 2.52. The van der Waals surface area contributed by atoms with Crippen LogP contribution in [0.25, 0.3) is 0 Å². The van der Waals surface area contributed by atoms with Crippen LogP contribution in [0.2, 0.25) is 0 Å². The number of methoxy groups -OCH3 is 2. The normalized spacial score (nSPS) is 11.3. The Kier molecular flexibility index (Phi) is 5.55. The molecule has 0 aliphatic heterocycles. The monoisotopic (exact) mass is 279 g/mol. The first kappa shape index (κ1) is 15.5. The number of hydrogen-bond acceptors (Lipinski definition) is 7. The molecule has 0 unspecified atom stereocenters. The Morgan fingerprint density at radius 3 is 2.15 bits per heavy atom. The van der Waals surface area contributed by atoms with Gasteiger partial charge in [0.25, 0.3) is 0 Å². The molecular weight excluding hydrogens is 262 g/mol. The van der Waals surface area contributed by atoms with Gasteiger partial charge >= 0.3 is 11.9 Å². The van der Waals surface area contributed by atoms with Crippen LogP contribution in [0, 0.1) is 0 Å². The summed E-state index contributed by atoms with van der Waals surface area (Å²) in [6.45, 7) is 0.183. The lowest BCUT2D eigenvalue weighted by Crippen LogP contribution is -2.38. The first-order valence-electron chi connectivity index (χ1n) is 5.73. The van der Waals surface area contributed by atoms with Crippen molar-refractivity contribution in [2.75, 3.05) is 14.2 Å². The van der Waals surface area contributed by atoms with Crippen LogP contribution >= 0.6 is 0 Å². The van der Waals surface area contributed by atoms with E-state index in [1.807, 2.05) is 30.3 Å². The number of nitrogens with two attached hydrogens (primary N) is 2. The molecule has 7 nitrogen and oxygen atoms in total. The lowest BCUT2D eigenvalue weighted by atomic mass is 10.2. The zero-order valence-electron chi connectivity index (χ0n) is 11.3. The van der Waals surface area contributed by atoms with Gasteiger partial charge in [-0.3, -0.25) is 5.01 Å². The SMILES string of the molecule is COC(=O)/C(N)=C(\C(=O)OC)N(N)Cc1ccccc1. The predicted octanol–water partition coefficient (Wildman–Crippen LogP) is -0.121. The summed E-state index contributed by atoms with van der Waals surface area (Å²) in [5, 5.41) is 1.05. The molecule has 0 bridgehead atoms. The van der Waals surface area contributed by atoms with Crippen LogP contribution in [0.5, 0.6) is 0 Å². The van der Waals surface area contributed by atoms with E-state index in [0.29, 0.717) is 0 Å². The molecule has 0 fully saturated rings. The summed E-state index contributed by atoms with van der Waals surface area (Å²) in [4.78, 5) is 23.2. The highest BCUT2D eigenvalue weighted by molar-refractivity contribution is 5.99. The van der Waals surface area contributed by atoms with Crippen molar-refractivity contribution in [2.45, 2.75) is 6.54 Å². The molecule has 108 valence electrons. The van der Waals surface area contributed by atoms with Gasteiger partial charge in [-0.15, -0.1) is 0 Å². The van der Waals surface area contributed by atoms with E-state index >= 15 is 0 Å². The van der Waals surface area contributed by atoms with Crippen LogP contribution in [-0.4, -0.2) is 31.2 Å². The van der Waals surface area contributed by atoms with Crippen LogP contribution in [0.3, 0.4) is 0 Å². The Labute approximate surface area is 116 Å². The summed E-state index contributed by atoms with van der Waals surface area (Å²) in [7, 11) is 2.32. The highest BCUT2D eigenvalue weighted by Crippen LogP contribution is 2.11. The number of carbonyl (C=O) groups is 2. The highest BCUT2D eigenvalue weighted by Gasteiger charge is 2.24. The van der Waals surface area contributed by atoms with E-state index in [9.17, 15) is 9.59 Å². The lowest BCUT2D eigenvalue weighted by Gasteiger charge is -2.21. The average molecular weight is 279 g/mol. The maximum Gasteiger partial charge on any atom is 0.358 e. The van der Waals surface area contributed by atoms with Crippen molar-refractivity contribution in [3.05, 3.63) is 47.3 Å². The fourth-order valence-corrected chi connectivity index (χ4v) is 1.54. The molecule has 0 spiro atoms. The average Bonchev–Trinajstić information content (AvgIpc) is 2.47. The van der Waals surface area contributed by atoms with Gasteiger partial charge in [-0.2, -0.15) is 0 Å². The summed E-state index contributed by atoms with van der Waals surface area (Å²) < 4.78 is 9.06. The fourth-order valence-electron chi connectivity index (χ4n) is 1.54. The summed E-state index contributed by atoms with van der Waals surface area (Å²) in [5.41, 5.74) is 5.78. The minimum atomic E-state index is -0.853. The molecule has 0 saturated heterocycles. The third kappa shape index (κ3) is 3.72. The van der Waals surface area contributed by atoms with Crippen molar-refractivity contribution in [3.8, 4) is 0 Å². The minimum absolute atomic E-state index is 0.183. The summed E-state index contributed by atoms with van der Waals surface area (Å²) in [5.74, 6) is 4.14. The Morgan fingerprint density at radius 1 is 1.10 bits per heavy atom. The Morgan fingerprint density at radius 2 is 1.65 bits per heavy atom. The van der Waals surface area contributed by atoms with Gasteiger partial charge < -0.3 is 15.2 Å². The molecule has 0 heterocycles. The van der Waals surface area contributed by atoms with Crippen LogP contribution in [0.1, 0.15) is 5.56 Å². The van der Waals surface area contributed by atoms with E-state index in [4.69, 9.17) is 11.6 Å². The van der Waals surface area contributed by atoms with Gasteiger partial charge in [-0.1, -0.05) is 30.3 Å². The molecule has 0 radical (unpaired) electrons. The van der Waals surface area contributed by atoms with E-state index in [2.05, 4.69) is 9.47 Å². The van der Waals surface area contributed by atoms with Gasteiger partial charge in [0, 0.05) is 0 Å². The summed E-state index contributed by atoms with van der Waals surface area (Å²) >= 11 is 0. The van der Waals surface area contributed by atoms with Crippen molar-refractivity contribution in [2.24, 2.45) is 11.6 Å². The van der Waals surface area contributed by atoms with Crippen molar-refractivity contribution in [3.63, 3.8) is 0 Å². The van der Waals surface area contributed by atoms with Crippen LogP contribution < -0.4 is 11.6 Å². The predicted molar refractivity (Wildman–Crippen MR) is 71.4 cm³/mol. The number of hydrazine groups is 1. The van der Waals surface area contributed by atoms with Crippen LogP contribution in [0.15, 0.2) is 41.7 Å². The lowest BCUT2D eigenvalue weighted by molar-refractivity contribution is -0.141. The molecule has 1 aromatic carbocycles. The molecule has 0 atom stereocenters. The molecule has 7 heteroatoms. The first-order valence-corrected chi connectivity index (χ1v) is 5.73. The zero-order valence-corrected chi connectivity index (χ0v) is 11.3. The van der Waals surface area contributed by atoms with Gasteiger partial charge in [0.15, 0.2) is 11.4 Å². The number of ether oxygens (including phenoxy) is 2. The number of benzene rings is 1. The number of hydrogen-bond donors (Lipinski definition) is 2. The molecule has 0 aromatic heterocycles. The van der Waals surface area contributed by atoms with Gasteiger partial charge in [0.2, 0.25) is 0 Å². The van der Waals surface area contributed by atoms with Crippen LogP contribution in [-0.2, 0) is 25.6 Å². The third-order valence-corrected chi connectivity index (χ3v) is 2.52. The van der Waals surface area contributed by atoms with Crippen molar-refractivity contribution < 1.29 is 19.1 Å². The number of carbonyl (C=O) groups excluding carboxylic acids is 2. The Bertz CT molecular complexity index is 514. The van der Waals surface area contributed by atoms with Crippen LogP contribution in [0.4, 0.5) is 0 Å². The molecular formula is C13H17N3O4. The van der Waals surface area contributed by atoms with Crippen molar-refractivity contribution in [1.82, 2.24) is 5.01 Å². The molecule has 20 heavy (non-hydrogen) atoms. The largest absolute Gasteiger partial charge is 0.464 e. The fraction of sp³-hybridized carbons (Fsp3) is 0.231. The van der Waals surface area contributed by atoms with Gasteiger partial charge in [-0.25, -0.2) is 15.4 Å². The van der Waals surface area contributed by atoms with E-state index in [1.54, 1.807) is 0 Å². The number of rotatable bonds is 5. The molecule has 0 aliphatic carbocycles. The first-order chi connectivity index (χ1) is 9.51. The van der Waals surface area contributed by atoms with E-state index in [-0.39, 0.29) is 12.2 Å². The molecule has 1 aromatic rings. The van der Waals surface area contributed by atoms with Gasteiger partial charge in [0.1, 0.15) is 0 Å². The van der Waals surface area contributed by atoms with Gasteiger partial charge in [0.05, 0.1) is 20.8 Å². The standard InChI is InChI=1S/C13H17N3O4/c1-19-12(17)10(14)11(13(18)20-2)16(15)8-9-6-4-3-5-7-9/h3-7H,8,14-15H2,1-2H3/b11-10-. The molecule has 0 aliphatic rings. The topological polar surface area (TPSA) is 108 Å². The van der Waals surface area contributed by atoms with E-state index in [0.717, 1.165) is 17.7 Å². The van der Waals surface area contributed by atoms with E-state index in [1.165, 1.54) is 7.11 Å². The van der Waals surface area contributed by atoms with Crippen molar-refractivity contribution in [1.29, 1.82) is 0 Å². The van der Waals surface area contributed by atoms with E-state index < -0.39 is 17.6 Å². The molecule has 0 amide bonds. The smallest absolute Gasteiger partial charge is 0.358 e. The quantitative estimate of drug-likeness (QED) is 0.335. The summed E-state index contributed by atoms with van der Waals surface area (Å²) in [6.07, 6.45) is 0.